The zero-order valence-electron chi connectivity index (χ0n) is 43.4. The summed E-state index contributed by atoms with van der Waals surface area (Å²) < 4.78 is 0. The summed E-state index contributed by atoms with van der Waals surface area (Å²) in [6, 6.07) is 146. The Kier molecular flexibility index (Phi) is 16.2. The van der Waals surface area contributed by atoms with Crippen LogP contribution in [-0.4, -0.2) is 0 Å². The van der Waals surface area contributed by atoms with E-state index >= 15 is 0 Å². The van der Waals surface area contributed by atoms with Crippen molar-refractivity contribution in [1.82, 2.24) is 0 Å². The van der Waals surface area contributed by atoms with Gasteiger partial charge in [-0.25, -0.2) is 0 Å². The molecule has 0 aliphatic heterocycles. The summed E-state index contributed by atoms with van der Waals surface area (Å²) in [6.45, 7) is 0. The van der Waals surface area contributed by atoms with E-state index in [0.29, 0.717) is 0 Å². The van der Waals surface area contributed by atoms with Crippen molar-refractivity contribution in [3.63, 3.8) is 0 Å². The number of hydrogen-bond donors (Lipinski definition) is 0. The second kappa shape index (κ2) is 23.7. The van der Waals surface area contributed by atoms with Crippen molar-refractivity contribution in [1.29, 1.82) is 0 Å². The van der Waals surface area contributed by atoms with Crippen LogP contribution in [-0.2, 0) is 13.6 Å². The van der Waals surface area contributed by atoms with Gasteiger partial charge in [-0.05, 0) is 0 Å². The molecule has 0 saturated heterocycles. The van der Waals surface area contributed by atoms with Crippen LogP contribution in [0.5, 0.6) is 0 Å². The van der Waals surface area contributed by atoms with Gasteiger partial charge in [-0.1, -0.05) is 0 Å². The van der Waals surface area contributed by atoms with Crippen LogP contribution in [0.3, 0.4) is 0 Å². The molecule has 12 rings (SSSR count). The molecule has 0 fully saturated rings. The van der Waals surface area contributed by atoms with Crippen LogP contribution in [0.4, 0.5) is 0 Å². The first-order chi connectivity index (χ1) is 38.3. The second-order valence-electron chi connectivity index (χ2n) is 19.3. The number of halogens is 1. The zero-order valence-corrected chi connectivity index (χ0v) is 49.7. The van der Waals surface area contributed by atoms with Gasteiger partial charge in [-0.15, -0.1) is 12.4 Å². The van der Waals surface area contributed by atoms with Gasteiger partial charge in [0.1, 0.15) is 0 Å². The van der Waals surface area contributed by atoms with Crippen LogP contribution in [0.15, 0.2) is 364 Å². The van der Waals surface area contributed by atoms with E-state index < -0.39 is 35.4 Å². The summed E-state index contributed by atoms with van der Waals surface area (Å²) in [5, 5.41) is 17.4. The van der Waals surface area contributed by atoms with E-state index in [1.54, 1.807) is 0 Å². The summed E-state index contributed by atoms with van der Waals surface area (Å²) in [6.07, 6.45) is 0. The minimum absolute atomic E-state index is 0. The van der Waals surface area contributed by atoms with E-state index in [9.17, 15) is 0 Å². The summed E-state index contributed by atoms with van der Waals surface area (Å²) in [7, 11) is 0. The SMILES string of the molecule is Cl.c1ccc([PH](c2ccccc2)(c2ccccc2)[Pd]([PH](c2ccccc2)(c2ccccc2)c2ccccc2)([PH](c2ccccc2)(c2ccccc2)c2ccccc2)[PH](c2ccccc2)(c2ccccc2)c2ccccc2)cc1. The standard InChI is InChI=1S/4C18H15P.ClH.Pd/c4*1-4-10-16(11-5-1)19(17-12-6-2-7-13-17)18-14-8-3-9-15-18;;/h4*1-15H;1H;/q;;;;;-4/p+4. The first-order valence-corrected chi connectivity index (χ1v) is 43.2. The predicted molar refractivity (Wildman–Crippen MR) is 353 cm³/mol. The molecule has 0 nitrogen and oxygen atoms in total. The van der Waals surface area contributed by atoms with Gasteiger partial charge in [0.25, 0.3) is 0 Å². The molecule has 0 N–H and O–H groups in total. The first kappa shape index (κ1) is 53.3. The number of hydrogen-bond acceptors (Lipinski definition) is 0. The molecular weight excluding hydrogens is 1130 g/mol. The molecule has 0 aromatic heterocycles. The van der Waals surface area contributed by atoms with Gasteiger partial charge in [0.2, 0.25) is 0 Å². The molecule has 0 heterocycles. The molecule has 12 aromatic carbocycles. The quantitative estimate of drug-likeness (QED) is 0.0668. The Labute approximate surface area is 471 Å². The Morgan fingerprint density at radius 1 is 0.128 bits per heavy atom. The van der Waals surface area contributed by atoms with Crippen molar-refractivity contribution in [3.05, 3.63) is 364 Å². The van der Waals surface area contributed by atoms with Crippen molar-refractivity contribution in [2.45, 2.75) is 0 Å². The number of rotatable bonds is 16. The second-order valence-corrected chi connectivity index (χ2v) is 69.9. The monoisotopic (exact) mass is 1190 g/mol. The molecule has 78 heavy (non-hydrogen) atoms. The zero-order chi connectivity index (χ0) is 51.9. The average molecular weight is 1200 g/mol. The van der Waals surface area contributed by atoms with Gasteiger partial charge in [0.05, 0.1) is 0 Å². The van der Waals surface area contributed by atoms with Crippen molar-refractivity contribution < 1.29 is 13.6 Å². The Bertz CT molecular complexity index is 2860. The minimum atomic E-state index is -4.52. The van der Waals surface area contributed by atoms with Crippen molar-refractivity contribution in [2.75, 3.05) is 0 Å². The normalized spacial score (nSPS) is 13.8. The maximum atomic E-state index is 2.59. The van der Waals surface area contributed by atoms with Crippen LogP contribution in [0.2, 0.25) is 0 Å². The molecule has 0 atom stereocenters. The van der Waals surface area contributed by atoms with E-state index in [-0.39, 0.29) is 12.4 Å². The summed E-state index contributed by atoms with van der Waals surface area (Å²) >= 11 is -4.52. The van der Waals surface area contributed by atoms with Crippen LogP contribution < -0.4 is 63.7 Å². The predicted octanol–water partition coefficient (Wildman–Crippen LogP) is 13.1. The molecule has 0 radical (unpaired) electrons. The van der Waals surface area contributed by atoms with Gasteiger partial charge in [-0.3, -0.25) is 0 Å². The van der Waals surface area contributed by atoms with Gasteiger partial charge in [0.15, 0.2) is 0 Å². The van der Waals surface area contributed by atoms with E-state index in [1.165, 1.54) is 63.7 Å². The Hall–Kier alpha value is -6.69. The fraction of sp³-hybridized carbons (Fsp3) is 0. The third kappa shape index (κ3) is 8.31. The molecule has 6 heteroatoms. The summed E-state index contributed by atoms with van der Waals surface area (Å²) in [4.78, 5) is 0. The van der Waals surface area contributed by atoms with Gasteiger partial charge < -0.3 is 0 Å². The number of benzene rings is 12. The molecule has 0 aliphatic rings. The Balaban J connectivity index is 0.00000645. The molecular formula is C72H65ClP4Pd. The van der Waals surface area contributed by atoms with Crippen molar-refractivity contribution in [3.8, 4) is 0 Å². The molecule has 390 valence electrons. The summed E-state index contributed by atoms with van der Waals surface area (Å²) in [5.74, 6) is 0. The summed E-state index contributed by atoms with van der Waals surface area (Å²) in [5.41, 5.74) is -15.7. The molecule has 0 bridgehead atoms. The third-order valence-corrected chi connectivity index (χ3v) is 119. The van der Waals surface area contributed by atoms with Crippen molar-refractivity contribution >= 4 is 97.9 Å². The molecule has 0 aliphatic carbocycles. The van der Waals surface area contributed by atoms with Gasteiger partial charge >= 0.3 is 463 Å². The molecule has 0 spiro atoms. The van der Waals surface area contributed by atoms with Crippen LogP contribution in [0.1, 0.15) is 0 Å². The molecule has 12 aromatic rings. The van der Waals surface area contributed by atoms with Crippen LogP contribution >= 0.6 is 34.2 Å². The third-order valence-electron chi connectivity index (χ3n) is 15.3. The van der Waals surface area contributed by atoms with Crippen molar-refractivity contribution in [2.24, 2.45) is 0 Å². The fourth-order valence-corrected chi connectivity index (χ4v) is 175. The topological polar surface area (TPSA) is 0 Å². The fourth-order valence-electron chi connectivity index (χ4n) is 12.6. The van der Waals surface area contributed by atoms with Crippen LogP contribution in [0.25, 0.3) is 0 Å². The molecule has 0 amide bonds. The first-order valence-electron chi connectivity index (χ1n) is 26.6. The average Bonchev–Trinajstić information content (AvgIpc) is 3.71. The molecule has 0 unspecified atom stereocenters. The van der Waals surface area contributed by atoms with E-state index in [4.69, 9.17) is 0 Å². The van der Waals surface area contributed by atoms with Gasteiger partial charge in [0, 0.05) is 0 Å². The Morgan fingerprint density at radius 3 is 0.282 bits per heavy atom. The van der Waals surface area contributed by atoms with E-state index in [0.717, 1.165) is 0 Å². The van der Waals surface area contributed by atoms with E-state index in [1.807, 2.05) is 0 Å². The van der Waals surface area contributed by atoms with Gasteiger partial charge in [-0.2, -0.15) is 0 Å². The van der Waals surface area contributed by atoms with Crippen LogP contribution in [0, 0.1) is 0 Å². The molecule has 0 saturated carbocycles. The Morgan fingerprint density at radius 2 is 0.205 bits per heavy atom. The van der Waals surface area contributed by atoms with E-state index in [2.05, 4.69) is 364 Å². The maximum absolute atomic E-state index is 4.52.